The highest BCUT2D eigenvalue weighted by Gasteiger charge is 2.20. The van der Waals surface area contributed by atoms with Crippen molar-refractivity contribution in [2.75, 3.05) is 13.2 Å². The number of aryl methyl sites for hydroxylation is 1. The van der Waals surface area contributed by atoms with Gasteiger partial charge in [0.05, 0.1) is 10.6 Å². The number of ether oxygens (including phenoxy) is 3. The molecule has 7 heteroatoms. The average Bonchev–Trinajstić information content (AvgIpc) is 2.65. The van der Waals surface area contributed by atoms with Gasteiger partial charge in [0.15, 0.2) is 6.10 Å². The normalized spacial score (nSPS) is 13.2. The van der Waals surface area contributed by atoms with E-state index in [-0.39, 0.29) is 25.7 Å². The molecule has 1 unspecified atom stereocenters. The Hall–Kier alpha value is -2.09. The summed E-state index contributed by atoms with van der Waals surface area (Å²) in [6.45, 7) is 5.73. The lowest BCUT2D eigenvalue weighted by atomic mass is 10.1. The maximum Gasteiger partial charge on any atom is 0.333 e. The van der Waals surface area contributed by atoms with Crippen LogP contribution < -0.4 is 9.47 Å². The van der Waals surface area contributed by atoms with Gasteiger partial charge in [-0.2, -0.15) is 0 Å². The first-order valence-electron chi connectivity index (χ1n) is 9.41. The third-order valence-electron chi connectivity index (χ3n) is 3.99. The van der Waals surface area contributed by atoms with Crippen LogP contribution in [0, 0.1) is 6.92 Å². The molecular formula is C22H27BrO6. The largest absolute Gasteiger partial charge is 0.491 e. The summed E-state index contributed by atoms with van der Waals surface area (Å²) >= 11 is 3.44. The number of aliphatic hydroxyl groups is 1. The summed E-state index contributed by atoms with van der Waals surface area (Å²) in [5.41, 5.74) is 1.89. The summed E-state index contributed by atoms with van der Waals surface area (Å²) in [6.07, 6.45) is -1.68. The van der Waals surface area contributed by atoms with E-state index in [4.69, 9.17) is 14.2 Å². The van der Waals surface area contributed by atoms with Crippen molar-refractivity contribution in [2.45, 2.75) is 45.5 Å². The molecule has 0 heterocycles. The summed E-state index contributed by atoms with van der Waals surface area (Å²) in [5.74, 6) is 0.202. The van der Waals surface area contributed by atoms with Crippen LogP contribution in [0.2, 0.25) is 0 Å². The Morgan fingerprint density at radius 3 is 2.48 bits per heavy atom. The number of carboxylic acids is 1. The van der Waals surface area contributed by atoms with E-state index in [1.807, 2.05) is 31.2 Å². The van der Waals surface area contributed by atoms with Gasteiger partial charge in [0.25, 0.3) is 0 Å². The molecule has 0 bridgehead atoms. The van der Waals surface area contributed by atoms with Crippen molar-refractivity contribution in [3.63, 3.8) is 0 Å². The number of carboxylic acid groups (broad SMARTS) is 1. The van der Waals surface area contributed by atoms with Gasteiger partial charge in [-0.1, -0.05) is 18.2 Å². The first kappa shape index (κ1) is 23.2. The molecule has 0 aliphatic rings. The summed E-state index contributed by atoms with van der Waals surface area (Å²) in [6, 6.07) is 12.8. The zero-order chi connectivity index (χ0) is 21.4. The standard InChI is InChI=1S/C22H27BrO6/c1-14(2)29-21(22(25)26)11-16-5-4-6-18(10-16)27-12-17(24)13-28-20-8-7-15(3)9-19(20)23/h4-10,14,17,21,24H,11-13H2,1-3H3,(H,25,26)/t17?,21-/m0/s1. The van der Waals surface area contributed by atoms with Crippen LogP contribution in [-0.4, -0.2) is 47.7 Å². The van der Waals surface area contributed by atoms with E-state index in [1.165, 1.54) is 0 Å². The summed E-state index contributed by atoms with van der Waals surface area (Å²) in [4.78, 5) is 11.4. The second-order valence-electron chi connectivity index (χ2n) is 7.07. The van der Waals surface area contributed by atoms with E-state index in [9.17, 15) is 15.0 Å². The number of hydrogen-bond donors (Lipinski definition) is 2. The number of benzene rings is 2. The van der Waals surface area contributed by atoms with E-state index in [1.54, 1.807) is 32.0 Å². The second-order valence-corrected chi connectivity index (χ2v) is 7.93. The van der Waals surface area contributed by atoms with Crippen LogP contribution in [0.25, 0.3) is 0 Å². The van der Waals surface area contributed by atoms with Crippen LogP contribution in [0.1, 0.15) is 25.0 Å². The smallest absolute Gasteiger partial charge is 0.333 e. The Bertz CT molecular complexity index is 808. The minimum absolute atomic E-state index is 0.0534. The van der Waals surface area contributed by atoms with Gasteiger partial charge in [0.2, 0.25) is 0 Å². The van der Waals surface area contributed by atoms with Crippen molar-refractivity contribution in [3.05, 3.63) is 58.1 Å². The molecule has 158 valence electrons. The van der Waals surface area contributed by atoms with Crippen LogP contribution >= 0.6 is 15.9 Å². The van der Waals surface area contributed by atoms with Crippen molar-refractivity contribution >= 4 is 21.9 Å². The molecule has 0 aromatic heterocycles. The molecule has 0 aliphatic heterocycles. The lowest BCUT2D eigenvalue weighted by Crippen LogP contribution is -2.29. The lowest BCUT2D eigenvalue weighted by Gasteiger charge is -2.17. The zero-order valence-corrected chi connectivity index (χ0v) is 18.4. The number of aliphatic hydroxyl groups excluding tert-OH is 1. The Morgan fingerprint density at radius 2 is 1.83 bits per heavy atom. The molecule has 2 N–H and O–H groups in total. The van der Waals surface area contributed by atoms with Gasteiger partial charge in [-0.15, -0.1) is 0 Å². The van der Waals surface area contributed by atoms with Crippen LogP contribution in [0.5, 0.6) is 11.5 Å². The Labute approximate surface area is 179 Å². The van der Waals surface area contributed by atoms with Gasteiger partial charge >= 0.3 is 5.97 Å². The molecular weight excluding hydrogens is 440 g/mol. The third-order valence-corrected chi connectivity index (χ3v) is 4.61. The molecule has 0 saturated heterocycles. The van der Waals surface area contributed by atoms with E-state index >= 15 is 0 Å². The predicted molar refractivity (Wildman–Crippen MR) is 114 cm³/mol. The van der Waals surface area contributed by atoms with Crippen molar-refractivity contribution in [2.24, 2.45) is 0 Å². The highest BCUT2D eigenvalue weighted by Crippen LogP contribution is 2.26. The van der Waals surface area contributed by atoms with Crippen molar-refractivity contribution in [3.8, 4) is 11.5 Å². The summed E-state index contributed by atoms with van der Waals surface area (Å²) in [7, 11) is 0. The first-order valence-corrected chi connectivity index (χ1v) is 10.2. The van der Waals surface area contributed by atoms with E-state index in [2.05, 4.69) is 15.9 Å². The Balaban J connectivity index is 1.87. The van der Waals surface area contributed by atoms with Gasteiger partial charge in [-0.25, -0.2) is 4.79 Å². The van der Waals surface area contributed by atoms with E-state index in [0.29, 0.717) is 11.5 Å². The highest BCUT2D eigenvalue weighted by atomic mass is 79.9. The van der Waals surface area contributed by atoms with Crippen LogP contribution in [-0.2, 0) is 16.0 Å². The molecule has 0 fully saturated rings. The second kappa shape index (κ2) is 11.2. The predicted octanol–water partition coefficient (Wildman–Crippen LogP) is 4.00. The molecule has 29 heavy (non-hydrogen) atoms. The van der Waals surface area contributed by atoms with Crippen molar-refractivity contribution in [1.29, 1.82) is 0 Å². The number of carbonyl (C=O) groups is 1. The quantitative estimate of drug-likeness (QED) is 0.520. The highest BCUT2D eigenvalue weighted by molar-refractivity contribution is 9.10. The number of hydrogen-bond acceptors (Lipinski definition) is 5. The SMILES string of the molecule is Cc1ccc(OCC(O)COc2cccc(C[C@H](OC(C)C)C(=O)O)c2)c(Br)c1. The fourth-order valence-corrected chi connectivity index (χ4v) is 3.26. The fourth-order valence-electron chi connectivity index (χ4n) is 2.65. The molecule has 2 atom stereocenters. The average molecular weight is 467 g/mol. The molecule has 2 aromatic rings. The summed E-state index contributed by atoms with van der Waals surface area (Å²) in [5, 5.41) is 19.5. The van der Waals surface area contributed by atoms with E-state index < -0.39 is 18.2 Å². The maximum atomic E-state index is 11.4. The van der Waals surface area contributed by atoms with E-state index in [0.717, 1.165) is 15.6 Å². The molecule has 0 radical (unpaired) electrons. The first-order chi connectivity index (χ1) is 13.7. The minimum atomic E-state index is -1.00. The molecule has 0 spiro atoms. The van der Waals surface area contributed by atoms with Gasteiger partial charge in [0, 0.05) is 6.42 Å². The van der Waals surface area contributed by atoms with Gasteiger partial charge < -0.3 is 24.4 Å². The van der Waals surface area contributed by atoms with Crippen molar-refractivity contribution < 1.29 is 29.2 Å². The molecule has 6 nitrogen and oxygen atoms in total. The lowest BCUT2D eigenvalue weighted by molar-refractivity contribution is -0.153. The van der Waals surface area contributed by atoms with Gasteiger partial charge in [-0.05, 0) is 72.1 Å². The number of rotatable bonds is 11. The topological polar surface area (TPSA) is 85.2 Å². The molecule has 2 aromatic carbocycles. The van der Waals surface area contributed by atoms with Crippen LogP contribution in [0.3, 0.4) is 0 Å². The Kier molecular flexibility index (Phi) is 8.95. The van der Waals surface area contributed by atoms with Crippen LogP contribution in [0.15, 0.2) is 46.9 Å². The molecule has 2 rings (SSSR count). The minimum Gasteiger partial charge on any atom is -0.491 e. The molecule has 0 saturated carbocycles. The third kappa shape index (κ3) is 8.04. The zero-order valence-electron chi connectivity index (χ0n) is 16.8. The Morgan fingerprint density at radius 1 is 1.10 bits per heavy atom. The van der Waals surface area contributed by atoms with Crippen LogP contribution in [0.4, 0.5) is 0 Å². The van der Waals surface area contributed by atoms with Crippen molar-refractivity contribution in [1.82, 2.24) is 0 Å². The monoisotopic (exact) mass is 466 g/mol. The molecule has 0 aliphatic carbocycles. The number of halogens is 1. The maximum absolute atomic E-state index is 11.4. The van der Waals surface area contributed by atoms with Gasteiger partial charge in [-0.3, -0.25) is 0 Å². The summed E-state index contributed by atoms with van der Waals surface area (Å²) < 4.78 is 17.5. The van der Waals surface area contributed by atoms with Gasteiger partial charge in [0.1, 0.15) is 30.8 Å². The molecule has 0 amide bonds. The number of aliphatic carboxylic acids is 1. The fraction of sp³-hybridized carbons (Fsp3) is 0.409.